The third kappa shape index (κ3) is 2.99. The lowest BCUT2D eigenvalue weighted by Crippen LogP contribution is -2.56. The molecule has 4 atom stereocenters. The predicted octanol–water partition coefficient (Wildman–Crippen LogP) is 6.47. The Labute approximate surface area is 177 Å². The van der Waals surface area contributed by atoms with Crippen molar-refractivity contribution in [2.75, 3.05) is 4.90 Å². The molecule has 3 heteroatoms. The number of nitrogens with zero attached hydrogens (tertiary/aromatic N) is 1. The Balaban J connectivity index is 2.10. The van der Waals surface area contributed by atoms with Crippen molar-refractivity contribution in [2.24, 2.45) is 33.5 Å². The first kappa shape index (κ1) is 22.1. The van der Waals surface area contributed by atoms with Gasteiger partial charge in [0.2, 0.25) is 11.8 Å². The number of carbonyl (C=O) groups is 2. The Hall–Kier alpha value is -1.64. The van der Waals surface area contributed by atoms with Crippen molar-refractivity contribution < 1.29 is 9.59 Å². The summed E-state index contributed by atoms with van der Waals surface area (Å²) in [5.74, 6) is 0.838. The van der Waals surface area contributed by atoms with Gasteiger partial charge in [-0.25, -0.2) is 4.90 Å². The second kappa shape index (κ2) is 6.96. The highest BCUT2D eigenvalue weighted by atomic mass is 16.2. The number of imide groups is 1. The predicted molar refractivity (Wildman–Crippen MR) is 120 cm³/mol. The van der Waals surface area contributed by atoms with Gasteiger partial charge in [0.05, 0.1) is 16.5 Å². The Morgan fingerprint density at radius 1 is 0.759 bits per heavy atom. The van der Waals surface area contributed by atoms with Gasteiger partial charge in [-0.2, -0.15) is 0 Å². The second-order valence-electron chi connectivity index (χ2n) is 11.3. The van der Waals surface area contributed by atoms with E-state index in [0.717, 1.165) is 25.7 Å². The molecule has 3 rings (SSSR count). The second-order valence-corrected chi connectivity index (χ2v) is 11.3. The van der Waals surface area contributed by atoms with Crippen LogP contribution in [0, 0.1) is 33.5 Å². The van der Waals surface area contributed by atoms with Gasteiger partial charge in [-0.15, -0.1) is 0 Å². The average molecular weight is 398 g/mol. The van der Waals surface area contributed by atoms with E-state index in [1.165, 1.54) is 0 Å². The van der Waals surface area contributed by atoms with Gasteiger partial charge < -0.3 is 0 Å². The highest BCUT2D eigenvalue weighted by Gasteiger charge is 2.60. The zero-order chi connectivity index (χ0) is 21.8. The van der Waals surface area contributed by atoms with Gasteiger partial charge in [-0.3, -0.25) is 9.59 Å². The molecule has 2 aliphatic carbocycles. The van der Waals surface area contributed by atoms with E-state index in [2.05, 4.69) is 55.4 Å². The summed E-state index contributed by atoms with van der Waals surface area (Å²) in [6.45, 7) is 17.4. The number of hydrogen-bond donors (Lipinski definition) is 0. The highest BCUT2D eigenvalue weighted by molar-refractivity contribution is 6.18. The van der Waals surface area contributed by atoms with Gasteiger partial charge in [0.1, 0.15) is 0 Å². The van der Waals surface area contributed by atoms with Crippen LogP contribution < -0.4 is 4.90 Å². The van der Waals surface area contributed by atoms with Crippen molar-refractivity contribution in [3.63, 3.8) is 0 Å². The highest BCUT2D eigenvalue weighted by Crippen LogP contribution is 2.59. The first-order valence-electron chi connectivity index (χ1n) is 11.2. The number of para-hydroxylation sites is 1. The quantitative estimate of drug-likeness (QED) is 0.548. The monoisotopic (exact) mass is 397 g/mol. The molecule has 0 unspecified atom stereocenters. The Morgan fingerprint density at radius 3 is 1.45 bits per heavy atom. The van der Waals surface area contributed by atoms with Crippen LogP contribution in [0.5, 0.6) is 0 Å². The van der Waals surface area contributed by atoms with Crippen molar-refractivity contribution in [1.29, 1.82) is 0 Å². The summed E-state index contributed by atoms with van der Waals surface area (Å²) in [4.78, 5) is 29.9. The number of hydrogen-bond acceptors (Lipinski definition) is 2. The minimum Gasteiger partial charge on any atom is -0.273 e. The fourth-order valence-corrected chi connectivity index (χ4v) is 5.63. The van der Waals surface area contributed by atoms with Crippen LogP contribution in [0.3, 0.4) is 0 Å². The zero-order valence-electron chi connectivity index (χ0n) is 19.6. The topological polar surface area (TPSA) is 37.4 Å². The van der Waals surface area contributed by atoms with Gasteiger partial charge >= 0.3 is 0 Å². The first-order valence-corrected chi connectivity index (χ1v) is 11.2. The van der Waals surface area contributed by atoms with Crippen LogP contribution in [0.15, 0.2) is 30.3 Å². The van der Waals surface area contributed by atoms with Gasteiger partial charge in [0.15, 0.2) is 0 Å². The van der Waals surface area contributed by atoms with Gasteiger partial charge in [-0.05, 0) is 60.5 Å². The minimum atomic E-state index is -0.553. The third-order valence-corrected chi connectivity index (χ3v) is 9.83. The minimum absolute atomic E-state index is 0.0281. The molecule has 1 aromatic carbocycles. The van der Waals surface area contributed by atoms with Crippen LogP contribution in [0.1, 0.15) is 81.1 Å². The molecule has 2 fully saturated rings. The van der Waals surface area contributed by atoms with Crippen LogP contribution in [0.2, 0.25) is 0 Å². The molecule has 0 saturated heterocycles. The Morgan fingerprint density at radius 2 is 1.14 bits per heavy atom. The molecular weight excluding hydrogens is 358 g/mol. The third-order valence-electron chi connectivity index (χ3n) is 9.83. The number of anilines is 1. The summed E-state index contributed by atoms with van der Waals surface area (Å²) in [5.41, 5.74) is -0.713. The van der Waals surface area contributed by atoms with E-state index < -0.39 is 10.8 Å². The standard InChI is InChI=1S/C26H39NO2/c1-18-14-16-25(7,23(18,3)4)21(28)27(20-12-10-9-11-13-20)22(29)26(8)17-15-19(2)24(26,5)6/h9-13,18-19H,14-17H2,1-8H3/t18-,19-,25+,26+/m0/s1. The molecule has 2 aliphatic rings. The van der Waals surface area contributed by atoms with E-state index in [1.54, 1.807) is 4.90 Å². The maximum absolute atomic E-state index is 14.2. The van der Waals surface area contributed by atoms with Crippen molar-refractivity contribution >= 4 is 17.5 Å². The summed E-state index contributed by atoms with van der Waals surface area (Å²) >= 11 is 0. The summed E-state index contributed by atoms with van der Waals surface area (Å²) in [5, 5.41) is 0. The Bertz CT molecular complexity index is 748. The number of benzene rings is 1. The molecule has 0 N–H and O–H groups in total. The van der Waals surface area contributed by atoms with Crippen LogP contribution in [0.25, 0.3) is 0 Å². The zero-order valence-corrected chi connectivity index (χ0v) is 19.6. The lowest BCUT2D eigenvalue weighted by molar-refractivity contribution is -0.142. The summed E-state index contributed by atoms with van der Waals surface area (Å²) in [6, 6.07) is 9.57. The maximum Gasteiger partial charge on any atom is 0.240 e. The average Bonchev–Trinajstić information content (AvgIpc) is 3.02. The van der Waals surface area contributed by atoms with E-state index in [4.69, 9.17) is 0 Å². The van der Waals surface area contributed by atoms with Crippen molar-refractivity contribution in [3.8, 4) is 0 Å². The van der Waals surface area contributed by atoms with Crippen LogP contribution in [-0.2, 0) is 9.59 Å². The van der Waals surface area contributed by atoms with Crippen molar-refractivity contribution in [2.45, 2.75) is 81.1 Å². The smallest absolute Gasteiger partial charge is 0.240 e. The van der Waals surface area contributed by atoms with Gasteiger partial charge in [0.25, 0.3) is 0 Å². The first-order chi connectivity index (χ1) is 13.3. The molecule has 3 nitrogen and oxygen atoms in total. The molecule has 0 aliphatic heterocycles. The van der Waals surface area contributed by atoms with E-state index in [0.29, 0.717) is 17.5 Å². The summed E-state index contributed by atoms with van der Waals surface area (Å²) in [7, 11) is 0. The Kier molecular flexibility index (Phi) is 5.29. The van der Waals surface area contributed by atoms with Crippen molar-refractivity contribution in [1.82, 2.24) is 0 Å². The molecule has 2 saturated carbocycles. The summed E-state index contributed by atoms with van der Waals surface area (Å²) < 4.78 is 0. The fraction of sp³-hybridized carbons (Fsp3) is 0.692. The fourth-order valence-electron chi connectivity index (χ4n) is 5.63. The molecule has 29 heavy (non-hydrogen) atoms. The van der Waals surface area contributed by atoms with Crippen molar-refractivity contribution in [3.05, 3.63) is 30.3 Å². The van der Waals surface area contributed by atoms with E-state index >= 15 is 0 Å². The molecule has 2 amide bonds. The van der Waals surface area contributed by atoms with Crippen LogP contribution in [0.4, 0.5) is 5.69 Å². The van der Waals surface area contributed by atoms with E-state index in [-0.39, 0.29) is 22.6 Å². The molecule has 0 radical (unpaired) electrons. The molecule has 0 spiro atoms. The summed E-state index contributed by atoms with van der Waals surface area (Å²) in [6.07, 6.45) is 3.69. The number of rotatable bonds is 3. The van der Waals surface area contributed by atoms with E-state index in [1.807, 2.05) is 30.3 Å². The molecule has 1 aromatic rings. The van der Waals surface area contributed by atoms with Gasteiger partial charge in [-0.1, -0.05) is 73.6 Å². The van der Waals surface area contributed by atoms with Crippen LogP contribution in [-0.4, -0.2) is 11.8 Å². The molecule has 0 bridgehead atoms. The number of carbonyl (C=O) groups excluding carboxylic acids is 2. The van der Waals surface area contributed by atoms with Crippen LogP contribution >= 0.6 is 0 Å². The van der Waals surface area contributed by atoms with E-state index in [9.17, 15) is 9.59 Å². The molecule has 160 valence electrons. The molecule has 0 heterocycles. The largest absolute Gasteiger partial charge is 0.273 e. The lowest BCUT2D eigenvalue weighted by Gasteiger charge is -2.46. The lowest BCUT2D eigenvalue weighted by atomic mass is 9.63. The number of amides is 2. The SMILES string of the molecule is C[C@H]1CC[C@](C)(C(=O)N(C(=O)[C@@]2(C)CC[C@H](C)C2(C)C)c2ccccc2)C1(C)C. The normalized spacial score (nSPS) is 35.4. The van der Waals surface area contributed by atoms with Gasteiger partial charge in [0, 0.05) is 0 Å². The molecule has 0 aromatic heterocycles. The maximum atomic E-state index is 14.2. The molecular formula is C26H39NO2.